The van der Waals surface area contributed by atoms with E-state index in [1.165, 1.54) is 225 Å². The second-order valence-electron chi connectivity index (χ2n) is 21.6. The molecule has 5 heteroatoms. The molecule has 0 saturated heterocycles. The molecule has 0 aliphatic heterocycles. The van der Waals surface area contributed by atoms with Crippen LogP contribution < -0.4 is 5.32 Å². The third-order valence-corrected chi connectivity index (χ3v) is 15.5. The van der Waals surface area contributed by atoms with Gasteiger partial charge in [0.2, 0.25) is 11.8 Å². The molecule has 0 aromatic heterocycles. The van der Waals surface area contributed by atoms with Crippen molar-refractivity contribution in [2.75, 3.05) is 33.2 Å². The molecule has 0 unspecified atom stereocenters. The molecule has 1 aliphatic rings. The normalized spacial score (nSPS) is 13.6. The van der Waals surface area contributed by atoms with E-state index in [2.05, 4.69) is 62.0 Å². The van der Waals surface area contributed by atoms with Gasteiger partial charge in [-0.3, -0.25) is 9.59 Å². The third kappa shape index (κ3) is 34.0. The Labute approximate surface area is 414 Å². The summed E-state index contributed by atoms with van der Waals surface area (Å²) in [5, 5.41) is 3.41. The van der Waals surface area contributed by atoms with E-state index >= 15 is 4.79 Å². The number of amides is 2. The molecule has 1 rings (SSSR count). The van der Waals surface area contributed by atoms with Crippen molar-refractivity contribution in [3.05, 3.63) is 12.2 Å². The van der Waals surface area contributed by atoms with Gasteiger partial charge in [-0.15, -0.1) is 0 Å². The fourth-order valence-electron chi connectivity index (χ4n) is 10.5. The van der Waals surface area contributed by atoms with Crippen molar-refractivity contribution in [3.8, 4) is 0 Å². The van der Waals surface area contributed by atoms with Crippen LogP contribution in [0.25, 0.3) is 0 Å². The quantitative estimate of drug-likeness (QED) is 0.0488. The predicted octanol–water partition coefficient (Wildman–Crippen LogP) is 18.8. The fourth-order valence-corrected chi connectivity index (χ4v) is 10.5. The lowest BCUT2D eigenvalue weighted by Gasteiger charge is -2.50. The average Bonchev–Trinajstić information content (AvgIpc) is 3.31. The highest BCUT2D eigenvalue weighted by Gasteiger charge is 2.51. The predicted molar refractivity (Wildman–Crippen MR) is 293 cm³/mol. The Hall–Kier alpha value is -1.36. The number of nitrogens with zero attached hydrogens (tertiary/aromatic N) is 2. The SMILES string of the molecule is CCCCCCCC/C=C\CCCCCCCCNC(=O)C1(N(CCCCCN(C)CC)C(=O)C(CCCCCCCCCCCCCC)CCCCCCCCCCCCCC)CCC1. The number of hydrogen-bond donors (Lipinski definition) is 1. The highest BCUT2D eigenvalue weighted by Crippen LogP contribution is 2.40. The first-order valence-corrected chi connectivity index (χ1v) is 30.4. The molecule has 5 nitrogen and oxygen atoms in total. The second kappa shape index (κ2) is 47.3. The Morgan fingerprint density at radius 1 is 0.455 bits per heavy atom. The zero-order valence-electron chi connectivity index (χ0n) is 45.8. The molecule has 66 heavy (non-hydrogen) atoms. The second-order valence-corrected chi connectivity index (χ2v) is 21.6. The highest BCUT2D eigenvalue weighted by molar-refractivity contribution is 5.93. The van der Waals surface area contributed by atoms with Crippen LogP contribution in [0, 0.1) is 5.92 Å². The van der Waals surface area contributed by atoms with E-state index in [1.54, 1.807) is 0 Å². The summed E-state index contributed by atoms with van der Waals surface area (Å²) in [4.78, 5) is 33.9. The first-order chi connectivity index (χ1) is 32.5. The van der Waals surface area contributed by atoms with Crippen LogP contribution in [-0.2, 0) is 9.59 Å². The van der Waals surface area contributed by atoms with E-state index in [0.717, 1.165) is 96.8 Å². The first-order valence-electron chi connectivity index (χ1n) is 30.4. The maximum Gasteiger partial charge on any atom is 0.245 e. The molecule has 0 bridgehead atoms. The number of nitrogens with one attached hydrogen (secondary N) is 1. The van der Waals surface area contributed by atoms with Crippen LogP contribution in [0.5, 0.6) is 0 Å². The Morgan fingerprint density at radius 2 is 0.803 bits per heavy atom. The van der Waals surface area contributed by atoms with Gasteiger partial charge in [-0.1, -0.05) is 258 Å². The van der Waals surface area contributed by atoms with Crippen molar-refractivity contribution in [2.24, 2.45) is 5.92 Å². The number of unbranched alkanes of at least 4 members (excludes halogenated alkanes) is 36. The van der Waals surface area contributed by atoms with E-state index < -0.39 is 5.54 Å². The van der Waals surface area contributed by atoms with E-state index in [-0.39, 0.29) is 11.8 Å². The number of carbonyl (C=O) groups is 2. The Balaban J connectivity index is 2.76. The maximum absolute atomic E-state index is 15.0. The summed E-state index contributed by atoms with van der Waals surface area (Å²) >= 11 is 0. The minimum absolute atomic E-state index is 0.0588. The van der Waals surface area contributed by atoms with Gasteiger partial charge in [0, 0.05) is 19.0 Å². The van der Waals surface area contributed by atoms with Gasteiger partial charge in [-0.2, -0.15) is 0 Å². The monoisotopic (exact) mass is 926 g/mol. The first kappa shape index (κ1) is 62.7. The molecule has 0 spiro atoms. The van der Waals surface area contributed by atoms with Crippen LogP contribution in [-0.4, -0.2) is 60.4 Å². The van der Waals surface area contributed by atoms with Crippen LogP contribution in [0.2, 0.25) is 0 Å². The molecule has 0 aromatic carbocycles. The fraction of sp³-hybridized carbons (Fsp3) is 0.934. The van der Waals surface area contributed by atoms with Crippen LogP contribution in [0.3, 0.4) is 0 Å². The standard InChI is InChI=1S/C61H119N3O2/c1-6-10-13-16-19-22-25-28-29-30-31-34-37-40-43-47-55-62-60(66)61(53-50-54-61)64(57-49-44-48-56-63(5)9-4)59(65)58(51-45-41-38-35-32-26-23-20-17-14-11-7-2)52-46-42-39-36-33-27-24-21-18-15-12-8-3/h28-29,58H,6-27,30-57H2,1-5H3,(H,62,66)/b29-28-. The van der Waals surface area contributed by atoms with E-state index in [0.29, 0.717) is 5.91 Å². The maximum atomic E-state index is 15.0. The Morgan fingerprint density at radius 3 is 1.18 bits per heavy atom. The van der Waals surface area contributed by atoms with Gasteiger partial charge in [-0.25, -0.2) is 0 Å². The summed E-state index contributed by atoms with van der Waals surface area (Å²) in [6, 6.07) is 0. The van der Waals surface area contributed by atoms with Crippen LogP contribution >= 0.6 is 0 Å². The number of allylic oxidation sites excluding steroid dienone is 2. The Kier molecular flexibility index (Phi) is 44.9. The summed E-state index contributed by atoms with van der Waals surface area (Å²) in [7, 11) is 2.20. The van der Waals surface area contributed by atoms with Gasteiger partial charge in [0.05, 0.1) is 0 Å². The lowest BCUT2D eigenvalue weighted by Crippen LogP contribution is -2.65. The van der Waals surface area contributed by atoms with Crippen molar-refractivity contribution in [2.45, 2.75) is 329 Å². The lowest BCUT2D eigenvalue weighted by molar-refractivity contribution is -0.157. The minimum atomic E-state index is -0.634. The van der Waals surface area contributed by atoms with Crippen molar-refractivity contribution in [3.63, 3.8) is 0 Å². The average molecular weight is 927 g/mol. The van der Waals surface area contributed by atoms with E-state index in [4.69, 9.17) is 0 Å². The summed E-state index contributed by atoms with van der Waals surface area (Å²) < 4.78 is 0. The molecule has 1 N–H and O–H groups in total. The molecule has 2 amide bonds. The molecular weight excluding hydrogens is 807 g/mol. The number of carbonyl (C=O) groups excluding carboxylic acids is 2. The summed E-state index contributed by atoms with van der Waals surface area (Å²) in [5.41, 5.74) is -0.634. The van der Waals surface area contributed by atoms with Crippen molar-refractivity contribution in [1.82, 2.24) is 15.1 Å². The number of rotatable bonds is 52. The van der Waals surface area contributed by atoms with Gasteiger partial charge in [0.25, 0.3) is 0 Å². The van der Waals surface area contributed by atoms with Gasteiger partial charge in [0.1, 0.15) is 5.54 Å². The van der Waals surface area contributed by atoms with Gasteiger partial charge in [-0.05, 0) is 97.2 Å². The molecule has 1 aliphatic carbocycles. The Bertz CT molecular complexity index is 1040. The largest absolute Gasteiger partial charge is 0.354 e. The topological polar surface area (TPSA) is 52.7 Å². The minimum Gasteiger partial charge on any atom is -0.354 e. The lowest BCUT2D eigenvalue weighted by atomic mass is 9.73. The molecule has 1 fully saturated rings. The molecule has 0 radical (unpaired) electrons. The van der Waals surface area contributed by atoms with Gasteiger partial charge in [0.15, 0.2) is 0 Å². The van der Waals surface area contributed by atoms with Crippen LogP contribution in [0.4, 0.5) is 0 Å². The van der Waals surface area contributed by atoms with E-state index in [1.807, 2.05) is 0 Å². The zero-order chi connectivity index (χ0) is 47.9. The van der Waals surface area contributed by atoms with Crippen molar-refractivity contribution in [1.29, 1.82) is 0 Å². The molecule has 0 aromatic rings. The van der Waals surface area contributed by atoms with Gasteiger partial charge >= 0.3 is 0 Å². The molecule has 0 atom stereocenters. The van der Waals surface area contributed by atoms with Crippen molar-refractivity contribution >= 4 is 11.8 Å². The molecule has 1 saturated carbocycles. The van der Waals surface area contributed by atoms with Crippen LogP contribution in [0.1, 0.15) is 323 Å². The smallest absolute Gasteiger partial charge is 0.245 e. The zero-order valence-corrected chi connectivity index (χ0v) is 45.8. The summed E-state index contributed by atoms with van der Waals surface area (Å²) in [5.74, 6) is 0.525. The number of hydrogen-bond acceptors (Lipinski definition) is 3. The van der Waals surface area contributed by atoms with E-state index in [9.17, 15) is 4.79 Å². The summed E-state index contributed by atoms with van der Waals surface area (Å²) in [6.45, 7) is 12.8. The molecule has 390 valence electrons. The van der Waals surface area contributed by atoms with Gasteiger partial charge < -0.3 is 15.1 Å². The van der Waals surface area contributed by atoms with Crippen molar-refractivity contribution < 1.29 is 9.59 Å². The highest BCUT2D eigenvalue weighted by atomic mass is 16.2. The molecular formula is C61H119N3O2. The van der Waals surface area contributed by atoms with Crippen LogP contribution in [0.15, 0.2) is 12.2 Å². The third-order valence-electron chi connectivity index (χ3n) is 15.5. The molecule has 0 heterocycles. The summed E-state index contributed by atoms with van der Waals surface area (Å²) in [6.07, 6.45) is 63.2.